The Hall–Kier alpha value is -2.91. The third-order valence-electron chi connectivity index (χ3n) is 6.54. The fourth-order valence-electron chi connectivity index (χ4n) is 5.00. The van der Waals surface area contributed by atoms with Gasteiger partial charge in [0.05, 0.1) is 18.0 Å². The highest BCUT2D eigenvalue weighted by Crippen LogP contribution is 2.43. The van der Waals surface area contributed by atoms with Gasteiger partial charge in [-0.1, -0.05) is 72.8 Å². The van der Waals surface area contributed by atoms with Crippen LogP contribution in [0, 0.1) is 5.92 Å². The van der Waals surface area contributed by atoms with Gasteiger partial charge in [0.25, 0.3) is 0 Å². The minimum atomic E-state index is -0.811. The molecule has 2 N–H and O–H groups in total. The van der Waals surface area contributed by atoms with Gasteiger partial charge in [-0.2, -0.15) is 0 Å². The second-order valence-electron chi connectivity index (χ2n) is 8.51. The van der Waals surface area contributed by atoms with Crippen molar-refractivity contribution in [1.29, 1.82) is 0 Å². The highest BCUT2D eigenvalue weighted by molar-refractivity contribution is 5.86. The molecule has 3 aromatic rings. The Bertz CT molecular complexity index is 1040. The SMILES string of the molecule is OC1(c2ccc(-c3ccccc3)c(-c3ccccc3)c2)CCCC(C2=NCCN2)C1. The fraction of sp³-hybridized carbons (Fsp3) is 0.296. The topological polar surface area (TPSA) is 44.6 Å². The Morgan fingerprint density at radius 3 is 2.23 bits per heavy atom. The molecule has 0 spiro atoms. The zero-order chi connectivity index (χ0) is 20.4. The number of nitrogens with one attached hydrogen (secondary N) is 1. The van der Waals surface area contributed by atoms with Crippen molar-refractivity contribution >= 4 is 5.84 Å². The predicted octanol–water partition coefficient (Wildman–Crippen LogP) is 5.40. The van der Waals surface area contributed by atoms with Crippen molar-refractivity contribution in [2.75, 3.05) is 13.1 Å². The van der Waals surface area contributed by atoms with E-state index in [2.05, 4.69) is 77.0 Å². The molecule has 1 aliphatic carbocycles. The number of hydrogen-bond acceptors (Lipinski definition) is 3. The lowest BCUT2D eigenvalue weighted by Gasteiger charge is -2.37. The van der Waals surface area contributed by atoms with E-state index < -0.39 is 5.60 Å². The summed E-state index contributed by atoms with van der Waals surface area (Å²) in [5.74, 6) is 1.41. The lowest BCUT2D eigenvalue weighted by molar-refractivity contribution is -0.0107. The van der Waals surface area contributed by atoms with Crippen LogP contribution >= 0.6 is 0 Å². The summed E-state index contributed by atoms with van der Waals surface area (Å²) < 4.78 is 0. The van der Waals surface area contributed by atoms with Crippen molar-refractivity contribution in [2.45, 2.75) is 31.3 Å². The van der Waals surface area contributed by atoms with Gasteiger partial charge < -0.3 is 10.4 Å². The molecule has 3 aromatic carbocycles. The highest BCUT2D eigenvalue weighted by Gasteiger charge is 2.38. The molecule has 2 atom stereocenters. The minimum absolute atomic E-state index is 0.320. The predicted molar refractivity (Wildman–Crippen MR) is 123 cm³/mol. The lowest BCUT2D eigenvalue weighted by Crippen LogP contribution is -2.38. The Kier molecular flexibility index (Phi) is 5.14. The van der Waals surface area contributed by atoms with E-state index in [4.69, 9.17) is 0 Å². The first kappa shape index (κ1) is 19.1. The summed E-state index contributed by atoms with van der Waals surface area (Å²) >= 11 is 0. The molecule has 3 heteroatoms. The first-order valence-electron chi connectivity index (χ1n) is 11.0. The fourth-order valence-corrected chi connectivity index (χ4v) is 5.00. The molecule has 1 aliphatic heterocycles. The first-order chi connectivity index (χ1) is 14.7. The molecule has 0 radical (unpaired) electrons. The molecule has 0 saturated heterocycles. The molecule has 30 heavy (non-hydrogen) atoms. The number of rotatable bonds is 4. The lowest BCUT2D eigenvalue weighted by atomic mass is 9.73. The van der Waals surface area contributed by atoms with E-state index >= 15 is 0 Å². The molecule has 1 saturated carbocycles. The second kappa shape index (κ2) is 8.08. The zero-order valence-electron chi connectivity index (χ0n) is 17.2. The van der Waals surface area contributed by atoms with E-state index in [0.717, 1.165) is 50.2 Å². The monoisotopic (exact) mass is 396 g/mol. The second-order valence-corrected chi connectivity index (χ2v) is 8.51. The average Bonchev–Trinajstić information content (AvgIpc) is 3.35. The van der Waals surface area contributed by atoms with E-state index in [0.29, 0.717) is 5.92 Å². The summed E-state index contributed by atoms with van der Waals surface area (Å²) in [7, 11) is 0. The number of nitrogens with zero attached hydrogens (tertiary/aromatic N) is 1. The van der Waals surface area contributed by atoms with E-state index in [-0.39, 0.29) is 0 Å². The summed E-state index contributed by atoms with van der Waals surface area (Å²) in [6.07, 6.45) is 3.65. The van der Waals surface area contributed by atoms with Gasteiger partial charge in [0.15, 0.2) is 0 Å². The smallest absolute Gasteiger partial charge is 0.0997 e. The van der Waals surface area contributed by atoms with Crippen LogP contribution in [-0.4, -0.2) is 24.0 Å². The van der Waals surface area contributed by atoms with Crippen molar-refractivity contribution in [3.05, 3.63) is 84.4 Å². The number of amidine groups is 1. The summed E-state index contributed by atoms with van der Waals surface area (Å²) in [6.45, 7) is 1.78. The van der Waals surface area contributed by atoms with Crippen LogP contribution in [0.3, 0.4) is 0 Å². The van der Waals surface area contributed by atoms with Crippen molar-refractivity contribution in [3.63, 3.8) is 0 Å². The third-order valence-corrected chi connectivity index (χ3v) is 6.54. The van der Waals surface area contributed by atoms with Crippen LogP contribution in [0.1, 0.15) is 31.2 Å². The molecule has 2 unspecified atom stereocenters. The third kappa shape index (κ3) is 3.66. The Balaban J connectivity index is 1.56. The molecule has 1 heterocycles. The normalized spacial score (nSPS) is 23.6. The summed E-state index contributed by atoms with van der Waals surface area (Å²) in [6, 6.07) is 27.5. The first-order valence-corrected chi connectivity index (χ1v) is 11.0. The van der Waals surface area contributed by atoms with Crippen molar-refractivity contribution in [3.8, 4) is 22.3 Å². The maximum atomic E-state index is 11.7. The number of aliphatic hydroxyl groups is 1. The van der Waals surface area contributed by atoms with Crippen molar-refractivity contribution in [2.24, 2.45) is 10.9 Å². The van der Waals surface area contributed by atoms with Gasteiger partial charge in [-0.15, -0.1) is 0 Å². The van der Waals surface area contributed by atoms with Crippen LogP contribution < -0.4 is 5.32 Å². The zero-order valence-corrected chi connectivity index (χ0v) is 17.2. The minimum Gasteiger partial charge on any atom is -0.385 e. The van der Waals surface area contributed by atoms with E-state index in [1.165, 1.54) is 22.3 Å². The summed E-state index contributed by atoms with van der Waals surface area (Å²) in [5, 5.41) is 15.1. The molecule has 0 aromatic heterocycles. The maximum Gasteiger partial charge on any atom is 0.0997 e. The van der Waals surface area contributed by atoms with E-state index in [1.54, 1.807) is 0 Å². The van der Waals surface area contributed by atoms with Gasteiger partial charge in [0.1, 0.15) is 0 Å². The maximum absolute atomic E-state index is 11.7. The van der Waals surface area contributed by atoms with Crippen LogP contribution in [0.15, 0.2) is 83.9 Å². The van der Waals surface area contributed by atoms with Gasteiger partial charge >= 0.3 is 0 Å². The molecule has 152 valence electrons. The van der Waals surface area contributed by atoms with E-state index in [9.17, 15) is 5.11 Å². The summed E-state index contributed by atoms with van der Waals surface area (Å²) in [5.41, 5.74) is 4.95. The van der Waals surface area contributed by atoms with Crippen molar-refractivity contribution in [1.82, 2.24) is 5.32 Å². The number of hydrogen-bond donors (Lipinski definition) is 2. The van der Waals surface area contributed by atoms with Crippen LogP contribution in [0.5, 0.6) is 0 Å². The van der Waals surface area contributed by atoms with Gasteiger partial charge in [-0.3, -0.25) is 4.99 Å². The summed E-state index contributed by atoms with van der Waals surface area (Å²) in [4.78, 5) is 4.63. The van der Waals surface area contributed by atoms with Gasteiger partial charge in [-0.25, -0.2) is 0 Å². The van der Waals surface area contributed by atoms with Gasteiger partial charge in [0.2, 0.25) is 0 Å². The molecule has 0 bridgehead atoms. The number of aliphatic imine (C=N–C) groups is 1. The van der Waals surface area contributed by atoms with Crippen LogP contribution in [0.2, 0.25) is 0 Å². The van der Waals surface area contributed by atoms with Crippen LogP contribution in [0.4, 0.5) is 0 Å². The molecule has 3 nitrogen and oxygen atoms in total. The Morgan fingerprint density at radius 2 is 1.57 bits per heavy atom. The molecular formula is C27H28N2O. The van der Waals surface area contributed by atoms with Gasteiger partial charge in [-0.05, 0) is 59.6 Å². The van der Waals surface area contributed by atoms with Crippen LogP contribution in [-0.2, 0) is 5.60 Å². The highest BCUT2D eigenvalue weighted by atomic mass is 16.3. The van der Waals surface area contributed by atoms with E-state index in [1.807, 2.05) is 12.1 Å². The standard InChI is InChI=1S/C27H28N2O/c30-27(15-7-12-22(19-27)26-28-16-17-29-26)23-13-14-24(20-8-3-1-4-9-20)25(18-23)21-10-5-2-6-11-21/h1-6,8-11,13-14,18,22,30H,7,12,15-17,19H2,(H,28,29). The molecule has 1 fully saturated rings. The Labute approximate surface area is 178 Å². The van der Waals surface area contributed by atoms with Crippen LogP contribution in [0.25, 0.3) is 22.3 Å². The molecule has 5 rings (SSSR count). The Morgan fingerprint density at radius 1 is 0.867 bits per heavy atom. The number of benzene rings is 3. The quantitative estimate of drug-likeness (QED) is 0.620. The van der Waals surface area contributed by atoms with Gasteiger partial charge in [0, 0.05) is 12.5 Å². The average molecular weight is 397 g/mol. The van der Waals surface area contributed by atoms with Crippen molar-refractivity contribution < 1.29 is 5.11 Å². The molecule has 0 amide bonds. The molecule has 2 aliphatic rings. The largest absolute Gasteiger partial charge is 0.385 e. The molecular weight excluding hydrogens is 368 g/mol.